The van der Waals surface area contributed by atoms with Crippen molar-refractivity contribution in [3.63, 3.8) is 0 Å². The maximum atomic E-state index is 12.0. The van der Waals surface area contributed by atoms with Gasteiger partial charge in [-0.05, 0) is 37.5 Å². The molecule has 0 saturated heterocycles. The summed E-state index contributed by atoms with van der Waals surface area (Å²) in [6.45, 7) is 5.92. The molecule has 21 heavy (non-hydrogen) atoms. The molecule has 5 heteroatoms. The molecule has 1 unspecified atom stereocenters. The van der Waals surface area contributed by atoms with E-state index in [2.05, 4.69) is 10.6 Å². The van der Waals surface area contributed by atoms with Gasteiger partial charge in [0.15, 0.2) is 0 Å². The molecular formula is C16H25N3O2. The summed E-state index contributed by atoms with van der Waals surface area (Å²) in [5, 5.41) is 5.42. The molecule has 0 saturated carbocycles. The smallest absolute Gasteiger partial charge is 0.227 e. The van der Waals surface area contributed by atoms with Gasteiger partial charge in [-0.2, -0.15) is 0 Å². The van der Waals surface area contributed by atoms with Gasteiger partial charge in [-0.1, -0.05) is 19.1 Å². The van der Waals surface area contributed by atoms with Crippen molar-refractivity contribution in [1.82, 2.24) is 10.6 Å². The normalized spacial score (nSPS) is 12.6. The van der Waals surface area contributed by atoms with E-state index in [1.165, 1.54) is 0 Å². The standard InChI is InChI=1S/C16H25N3O2/c1-11(12-5-7-13(17)8-6-12)9-14(20)19-10-16(2,3)15(21)18-4/h5-8,11H,9-10,17H2,1-4H3,(H,18,21)(H,19,20). The molecule has 0 bridgehead atoms. The van der Waals surface area contributed by atoms with Crippen LogP contribution < -0.4 is 16.4 Å². The van der Waals surface area contributed by atoms with Crippen molar-refractivity contribution in [2.45, 2.75) is 33.1 Å². The number of hydrogen-bond donors (Lipinski definition) is 3. The van der Waals surface area contributed by atoms with Crippen LogP contribution in [0.25, 0.3) is 0 Å². The Hall–Kier alpha value is -2.04. The highest BCUT2D eigenvalue weighted by atomic mass is 16.2. The van der Waals surface area contributed by atoms with Crippen molar-refractivity contribution in [2.75, 3.05) is 19.3 Å². The van der Waals surface area contributed by atoms with E-state index < -0.39 is 5.41 Å². The zero-order chi connectivity index (χ0) is 16.0. The van der Waals surface area contributed by atoms with Crippen LogP contribution in [-0.2, 0) is 9.59 Å². The summed E-state index contributed by atoms with van der Waals surface area (Å²) in [6, 6.07) is 7.53. The molecule has 1 atom stereocenters. The first-order valence-electron chi connectivity index (χ1n) is 7.10. The lowest BCUT2D eigenvalue weighted by atomic mass is 9.92. The van der Waals surface area contributed by atoms with E-state index in [-0.39, 0.29) is 17.7 Å². The second kappa shape index (κ2) is 7.11. The molecule has 0 aliphatic rings. The lowest BCUT2D eigenvalue weighted by Gasteiger charge is -2.23. The third-order valence-corrected chi connectivity index (χ3v) is 3.57. The lowest BCUT2D eigenvalue weighted by Crippen LogP contribution is -2.43. The van der Waals surface area contributed by atoms with Crippen LogP contribution in [0.5, 0.6) is 0 Å². The summed E-state index contributed by atoms with van der Waals surface area (Å²) in [6.07, 6.45) is 0.383. The predicted molar refractivity (Wildman–Crippen MR) is 84.7 cm³/mol. The number of rotatable bonds is 6. The number of hydrogen-bond acceptors (Lipinski definition) is 3. The highest BCUT2D eigenvalue weighted by Crippen LogP contribution is 2.20. The summed E-state index contributed by atoms with van der Waals surface area (Å²) < 4.78 is 0. The third-order valence-electron chi connectivity index (χ3n) is 3.57. The number of nitrogens with one attached hydrogen (secondary N) is 2. The van der Waals surface area contributed by atoms with Gasteiger partial charge in [-0.25, -0.2) is 0 Å². The van der Waals surface area contributed by atoms with Gasteiger partial charge in [-0.15, -0.1) is 0 Å². The molecule has 1 aromatic carbocycles. The molecule has 1 rings (SSSR count). The van der Waals surface area contributed by atoms with E-state index in [0.29, 0.717) is 18.7 Å². The SMILES string of the molecule is CNC(=O)C(C)(C)CNC(=O)CC(C)c1ccc(N)cc1. The molecule has 0 spiro atoms. The Morgan fingerprint density at radius 3 is 2.33 bits per heavy atom. The van der Waals surface area contributed by atoms with E-state index in [1.54, 1.807) is 20.9 Å². The Kier molecular flexibility index (Phi) is 5.76. The number of nitrogen functional groups attached to an aromatic ring is 1. The van der Waals surface area contributed by atoms with Crippen LogP contribution in [-0.4, -0.2) is 25.4 Å². The van der Waals surface area contributed by atoms with Crippen molar-refractivity contribution in [3.8, 4) is 0 Å². The molecular weight excluding hydrogens is 266 g/mol. The highest BCUT2D eigenvalue weighted by molar-refractivity contribution is 5.83. The van der Waals surface area contributed by atoms with Crippen molar-refractivity contribution >= 4 is 17.5 Å². The van der Waals surface area contributed by atoms with Crippen molar-refractivity contribution in [3.05, 3.63) is 29.8 Å². The molecule has 0 heterocycles. The maximum Gasteiger partial charge on any atom is 0.227 e. The van der Waals surface area contributed by atoms with Gasteiger partial charge in [0.2, 0.25) is 11.8 Å². The fourth-order valence-corrected chi connectivity index (χ4v) is 2.03. The van der Waals surface area contributed by atoms with Gasteiger partial charge >= 0.3 is 0 Å². The Morgan fingerprint density at radius 2 is 1.81 bits per heavy atom. The second-order valence-corrected chi connectivity index (χ2v) is 6.01. The zero-order valence-corrected chi connectivity index (χ0v) is 13.2. The van der Waals surface area contributed by atoms with E-state index >= 15 is 0 Å². The summed E-state index contributed by atoms with van der Waals surface area (Å²) in [4.78, 5) is 23.6. The van der Waals surface area contributed by atoms with E-state index in [4.69, 9.17) is 5.73 Å². The van der Waals surface area contributed by atoms with Crippen LogP contribution in [0, 0.1) is 5.41 Å². The second-order valence-electron chi connectivity index (χ2n) is 6.01. The van der Waals surface area contributed by atoms with Crippen molar-refractivity contribution in [2.24, 2.45) is 5.41 Å². The number of amides is 2. The predicted octanol–water partition coefficient (Wildman–Crippen LogP) is 1.65. The van der Waals surface area contributed by atoms with E-state index in [9.17, 15) is 9.59 Å². The van der Waals surface area contributed by atoms with Crippen LogP contribution >= 0.6 is 0 Å². The molecule has 116 valence electrons. The number of carbonyl (C=O) groups is 2. The zero-order valence-electron chi connectivity index (χ0n) is 13.2. The van der Waals surface area contributed by atoms with Gasteiger partial charge in [0.1, 0.15) is 0 Å². The summed E-state index contributed by atoms with van der Waals surface area (Å²) >= 11 is 0. The van der Waals surface area contributed by atoms with Gasteiger partial charge in [0, 0.05) is 25.7 Å². The summed E-state index contributed by atoms with van der Waals surface area (Å²) in [5.74, 6) is -0.0422. The molecule has 5 nitrogen and oxygen atoms in total. The molecule has 4 N–H and O–H groups in total. The average Bonchev–Trinajstić information content (AvgIpc) is 2.45. The molecule has 0 aliphatic carbocycles. The highest BCUT2D eigenvalue weighted by Gasteiger charge is 2.27. The van der Waals surface area contributed by atoms with Gasteiger partial charge in [0.05, 0.1) is 5.41 Å². The topological polar surface area (TPSA) is 84.2 Å². The number of anilines is 1. The third kappa shape index (κ3) is 5.10. The lowest BCUT2D eigenvalue weighted by molar-refractivity contribution is -0.129. The fraction of sp³-hybridized carbons (Fsp3) is 0.500. The van der Waals surface area contributed by atoms with Gasteiger partial charge in [-0.3, -0.25) is 9.59 Å². The number of carbonyl (C=O) groups excluding carboxylic acids is 2. The maximum absolute atomic E-state index is 12.0. The average molecular weight is 291 g/mol. The molecule has 0 aliphatic heterocycles. The van der Waals surface area contributed by atoms with E-state index in [0.717, 1.165) is 5.56 Å². The van der Waals surface area contributed by atoms with Gasteiger partial charge < -0.3 is 16.4 Å². The quantitative estimate of drug-likeness (QED) is 0.697. The minimum atomic E-state index is -0.616. The van der Waals surface area contributed by atoms with Crippen LogP contribution in [0.4, 0.5) is 5.69 Å². The Morgan fingerprint density at radius 1 is 1.24 bits per heavy atom. The fourth-order valence-electron chi connectivity index (χ4n) is 2.03. The molecule has 0 radical (unpaired) electrons. The number of nitrogens with two attached hydrogens (primary N) is 1. The van der Waals surface area contributed by atoms with Crippen LogP contribution in [0.2, 0.25) is 0 Å². The Balaban J connectivity index is 2.50. The van der Waals surface area contributed by atoms with Crippen molar-refractivity contribution in [1.29, 1.82) is 0 Å². The molecule has 2 amide bonds. The first kappa shape index (κ1) is 17.0. The minimum absolute atomic E-state index is 0.0590. The number of benzene rings is 1. The minimum Gasteiger partial charge on any atom is -0.399 e. The Labute approximate surface area is 126 Å². The van der Waals surface area contributed by atoms with Crippen LogP contribution in [0.3, 0.4) is 0 Å². The molecule has 1 aromatic rings. The molecule has 0 aromatic heterocycles. The Bertz CT molecular complexity index is 495. The monoisotopic (exact) mass is 291 g/mol. The van der Waals surface area contributed by atoms with Gasteiger partial charge in [0.25, 0.3) is 0 Å². The van der Waals surface area contributed by atoms with Crippen LogP contribution in [0.15, 0.2) is 24.3 Å². The first-order chi connectivity index (χ1) is 9.76. The van der Waals surface area contributed by atoms with Crippen molar-refractivity contribution < 1.29 is 9.59 Å². The van der Waals surface area contributed by atoms with E-state index in [1.807, 2.05) is 31.2 Å². The summed E-state index contributed by atoms with van der Waals surface area (Å²) in [5.41, 5.74) is 6.82. The largest absolute Gasteiger partial charge is 0.399 e. The first-order valence-corrected chi connectivity index (χ1v) is 7.10. The molecule has 0 fully saturated rings. The summed E-state index contributed by atoms with van der Waals surface area (Å²) in [7, 11) is 1.59. The van der Waals surface area contributed by atoms with Crippen LogP contribution in [0.1, 0.15) is 38.7 Å².